The molecular weight excluding hydrogens is 288 g/mol. The van der Waals surface area contributed by atoms with E-state index in [4.69, 9.17) is 0 Å². The van der Waals surface area contributed by atoms with Crippen molar-refractivity contribution in [3.63, 3.8) is 0 Å². The van der Waals surface area contributed by atoms with Crippen LogP contribution in [0.1, 0.15) is 32.6 Å². The topological polar surface area (TPSA) is 45.5 Å². The largest absolute Gasteiger partial charge is 0.396 e. The average molecular weight is 312 g/mol. The summed E-state index contributed by atoms with van der Waals surface area (Å²) in [5.74, 6) is 0.197. The van der Waals surface area contributed by atoms with Crippen molar-refractivity contribution in [2.75, 3.05) is 6.61 Å². The van der Waals surface area contributed by atoms with Gasteiger partial charge in [0.2, 0.25) is 5.91 Å². The van der Waals surface area contributed by atoms with Crippen LogP contribution in [0.2, 0.25) is 0 Å². The van der Waals surface area contributed by atoms with Gasteiger partial charge in [-0.15, -0.1) is 0 Å². The summed E-state index contributed by atoms with van der Waals surface area (Å²) in [7, 11) is 0. The summed E-state index contributed by atoms with van der Waals surface area (Å²) in [5, 5.41) is 11.1. The Morgan fingerprint density at radius 1 is 1.30 bits per heavy atom. The summed E-state index contributed by atoms with van der Waals surface area (Å²) in [4.78, 5) is 15.1. The van der Waals surface area contributed by atoms with E-state index in [0.717, 1.165) is 31.2 Å². The zero-order valence-electron chi connectivity index (χ0n) is 13.6. The lowest BCUT2D eigenvalue weighted by molar-refractivity contribution is -0.133. The molecule has 1 N–H and O–H groups in total. The Balaban J connectivity index is 1.58. The molecule has 1 aromatic carbocycles. The molecular formula is C19H24N2O2. The molecule has 1 amide bonds. The fourth-order valence-electron chi connectivity index (χ4n) is 4.83. The monoisotopic (exact) mass is 312 g/mol. The number of aliphatic hydroxyl groups excluding tert-OH is 1. The molecule has 0 saturated carbocycles. The lowest BCUT2D eigenvalue weighted by atomic mass is 9.72. The van der Waals surface area contributed by atoms with Gasteiger partial charge < -0.3 is 14.6 Å². The van der Waals surface area contributed by atoms with Crippen molar-refractivity contribution in [1.29, 1.82) is 0 Å². The van der Waals surface area contributed by atoms with Crippen LogP contribution in [-0.4, -0.2) is 39.2 Å². The van der Waals surface area contributed by atoms with Gasteiger partial charge in [0.25, 0.3) is 0 Å². The Labute approximate surface area is 136 Å². The summed E-state index contributed by atoms with van der Waals surface area (Å²) < 4.78 is 2.04. The first-order valence-electron chi connectivity index (χ1n) is 8.64. The molecule has 4 heteroatoms. The first-order valence-corrected chi connectivity index (χ1v) is 8.64. The Kier molecular flexibility index (Phi) is 3.45. The summed E-state index contributed by atoms with van der Waals surface area (Å²) in [6, 6.07) is 10.8. The molecule has 0 aliphatic carbocycles. The number of hydrogen-bond donors (Lipinski definition) is 1. The van der Waals surface area contributed by atoms with Crippen LogP contribution in [0.3, 0.4) is 0 Å². The number of hydrogen-bond acceptors (Lipinski definition) is 2. The van der Waals surface area contributed by atoms with Crippen LogP contribution in [0.25, 0.3) is 10.9 Å². The van der Waals surface area contributed by atoms with Crippen molar-refractivity contribution in [2.45, 2.75) is 51.2 Å². The molecule has 122 valence electrons. The summed E-state index contributed by atoms with van der Waals surface area (Å²) in [5.41, 5.74) is 1.04. The van der Waals surface area contributed by atoms with E-state index in [1.807, 2.05) is 22.9 Å². The first-order chi connectivity index (χ1) is 11.2. The molecule has 23 heavy (non-hydrogen) atoms. The third-order valence-corrected chi connectivity index (χ3v) is 6.14. The predicted molar refractivity (Wildman–Crippen MR) is 90.0 cm³/mol. The van der Waals surface area contributed by atoms with Crippen LogP contribution in [-0.2, 0) is 11.3 Å². The van der Waals surface area contributed by atoms with Gasteiger partial charge in [-0.3, -0.25) is 4.79 Å². The van der Waals surface area contributed by atoms with E-state index in [1.54, 1.807) is 0 Å². The van der Waals surface area contributed by atoms with Gasteiger partial charge in [-0.25, -0.2) is 0 Å². The lowest BCUT2D eigenvalue weighted by Crippen LogP contribution is -2.43. The van der Waals surface area contributed by atoms with Gasteiger partial charge in [0.15, 0.2) is 0 Å². The highest BCUT2D eigenvalue weighted by molar-refractivity contribution is 5.83. The molecule has 0 unspecified atom stereocenters. The van der Waals surface area contributed by atoms with E-state index in [1.165, 1.54) is 5.39 Å². The Morgan fingerprint density at radius 2 is 2.13 bits per heavy atom. The van der Waals surface area contributed by atoms with Crippen molar-refractivity contribution >= 4 is 16.8 Å². The normalized spacial score (nSPS) is 29.6. The predicted octanol–water partition coefficient (Wildman–Crippen LogP) is 2.79. The van der Waals surface area contributed by atoms with Crippen molar-refractivity contribution in [3.8, 4) is 0 Å². The molecule has 3 atom stereocenters. The molecule has 2 bridgehead atoms. The average Bonchev–Trinajstić information content (AvgIpc) is 3.26. The number of nitrogens with zero attached hydrogens (tertiary/aromatic N) is 2. The van der Waals surface area contributed by atoms with E-state index in [9.17, 15) is 9.90 Å². The second kappa shape index (κ2) is 5.38. The SMILES string of the molecule is CC[C@]1(CO)C[C@H]2CC[C@@H]1N2C(=O)Cn1ccc2ccccc21. The quantitative estimate of drug-likeness (QED) is 0.943. The van der Waals surface area contributed by atoms with Gasteiger partial charge in [-0.05, 0) is 43.2 Å². The number of aromatic nitrogens is 1. The number of carbonyl (C=O) groups excluding carboxylic acids is 1. The van der Waals surface area contributed by atoms with E-state index in [-0.39, 0.29) is 24.0 Å². The third-order valence-electron chi connectivity index (χ3n) is 6.14. The Hall–Kier alpha value is -1.81. The molecule has 2 aromatic rings. The molecule has 0 spiro atoms. The van der Waals surface area contributed by atoms with E-state index >= 15 is 0 Å². The standard InChI is InChI=1S/C19H24N2O2/c1-2-19(13-22)11-15-7-8-17(19)21(15)18(23)12-20-10-9-14-5-3-4-6-16(14)20/h3-6,9-10,15,17,22H,2,7-8,11-13H2,1H3/t15-,17+,19-/m1/s1. The van der Waals surface area contributed by atoms with Crippen LogP contribution in [0, 0.1) is 5.41 Å². The zero-order valence-corrected chi connectivity index (χ0v) is 13.6. The second-order valence-corrected chi connectivity index (χ2v) is 7.13. The Morgan fingerprint density at radius 3 is 2.87 bits per heavy atom. The van der Waals surface area contributed by atoms with Crippen LogP contribution < -0.4 is 0 Å². The second-order valence-electron chi connectivity index (χ2n) is 7.13. The molecule has 2 saturated heterocycles. The molecule has 2 aliphatic rings. The van der Waals surface area contributed by atoms with Crippen molar-refractivity contribution in [1.82, 2.24) is 9.47 Å². The summed E-state index contributed by atoms with van der Waals surface area (Å²) in [6.07, 6.45) is 6.03. The number of carbonyl (C=O) groups is 1. The van der Waals surface area contributed by atoms with E-state index in [0.29, 0.717) is 12.6 Å². The molecule has 2 fully saturated rings. The third kappa shape index (κ3) is 2.12. The zero-order chi connectivity index (χ0) is 16.0. The number of para-hydroxylation sites is 1. The maximum Gasteiger partial charge on any atom is 0.243 e. The molecule has 1 aromatic heterocycles. The highest BCUT2D eigenvalue weighted by Crippen LogP contribution is 2.51. The fraction of sp³-hybridized carbons (Fsp3) is 0.526. The number of fused-ring (bicyclic) bond motifs is 3. The minimum Gasteiger partial charge on any atom is -0.396 e. The van der Waals surface area contributed by atoms with Gasteiger partial charge in [-0.2, -0.15) is 0 Å². The van der Waals surface area contributed by atoms with Gasteiger partial charge >= 0.3 is 0 Å². The molecule has 3 heterocycles. The summed E-state index contributed by atoms with van der Waals surface area (Å²) >= 11 is 0. The number of benzene rings is 1. The summed E-state index contributed by atoms with van der Waals surface area (Å²) in [6.45, 7) is 2.73. The number of aliphatic hydroxyl groups is 1. The van der Waals surface area contributed by atoms with Gasteiger partial charge in [0.05, 0.1) is 6.61 Å². The van der Waals surface area contributed by atoms with Crippen LogP contribution in [0.15, 0.2) is 36.5 Å². The van der Waals surface area contributed by atoms with Crippen LogP contribution in [0.4, 0.5) is 0 Å². The number of rotatable bonds is 4. The van der Waals surface area contributed by atoms with Crippen LogP contribution in [0.5, 0.6) is 0 Å². The van der Waals surface area contributed by atoms with Crippen molar-refractivity contribution in [3.05, 3.63) is 36.5 Å². The number of amides is 1. The Bertz CT molecular complexity index is 732. The van der Waals surface area contributed by atoms with E-state index < -0.39 is 0 Å². The first kappa shape index (κ1) is 14.8. The van der Waals surface area contributed by atoms with E-state index in [2.05, 4.69) is 30.0 Å². The maximum atomic E-state index is 13.0. The molecule has 4 rings (SSSR count). The van der Waals surface area contributed by atoms with Gasteiger partial charge in [-0.1, -0.05) is 25.1 Å². The maximum absolute atomic E-state index is 13.0. The highest BCUT2D eigenvalue weighted by Gasteiger charge is 2.56. The molecule has 2 aliphatic heterocycles. The lowest BCUT2D eigenvalue weighted by Gasteiger charge is -2.34. The highest BCUT2D eigenvalue weighted by atomic mass is 16.3. The van der Waals surface area contributed by atoms with Crippen molar-refractivity contribution in [2.24, 2.45) is 5.41 Å². The minimum atomic E-state index is -0.0721. The van der Waals surface area contributed by atoms with Gasteiger partial charge in [0.1, 0.15) is 6.54 Å². The smallest absolute Gasteiger partial charge is 0.243 e. The fourth-order valence-corrected chi connectivity index (χ4v) is 4.83. The van der Waals surface area contributed by atoms with Gasteiger partial charge in [0, 0.05) is 29.2 Å². The molecule has 0 radical (unpaired) electrons. The van der Waals surface area contributed by atoms with Crippen molar-refractivity contribution < 1.29 is 9.90 Å². The molecule has 4 nitrogen and oxygen atoms in total. The minimum absolute atomic E-state index is 0.0721. The van der Waals surface area contributed by atoms with Crippen LogP contribution >= 0.6 is 0 Å².